The highest BCUT2D eigenvalue weighted by Crippen LogP contribution is 2.24. The summed E-state index contributed by atoms with van der Waals surface area (Å²) in [5, 5.41) is 9.03. The lowest BCUT2D eigenvalue weighted by Crippen LogP contribution is -2.30. The second kappa shape index (κ2) is 7.46. The molecule has 1 rings (SSSR count). The summed E-state index contributed by atoms with van der Waals surface area (Å²) in [5.41, 5.74) is -0.0790. The number of nitrogens with one attached hydrogen (secondary N) is 1. The van der Waals surface area contributed by atoms with E-state index in [0.717, 1.165) is 6.07 Å². The monoisotopic (exact) mass is 369 g/mol. The van der Waals surface area contributed by atoms with E-state index in [1.807, 2.05) is 6.92 Å². The lowest BCUT2D eigenvalue weighted by molar-refractivity contribution is 0.161. The maximum Gasteiger partial charge on any atom is 0.243 e. The minimum absolute atomic E-state index is 0.0395. The Morgan fingerprint density at radius 1 is 1.50 bits per heavy atom. The van der Waals surface area contributed by atoms with Crippen LogP contribution < -0.4 is 4.72 Å². The van der Waals surface area contributed by atoms with E-state index in [0.29, 0.717) is 11.1 Å². The van der Waals surface area contributed by atoms with Gasteiger partial charge in [0, 0.05) is 30.3 Å². The fourth-order valence-electron chi connectivity index (χ4n) is 1.60. The zero-order chi connectivity index (χ0) is 15.3. The standard InChI is InChI=1S/C12H17BrFNO4S/c1-8(7-19-2)5-15-20(17,18)11-4-10(13)3-9(6-16)12(11)14/h3-4,8,15-16H,5-7H2,1-2H3. The molecule has 2 N–H and O–H groups in total. The molecular weight excluding hydrogens is 353 g/mol. The molecule has 0 aliphatic carbocycles. The Labute approximate surface area is 126 Å². The molecule has 114 valence electrons. The Bertz CT molecular complexity index is 565. The third-order valence-electron chi connectivity index (χ3n) is 2.61. The number of rotatable bonds is 7. The van der Waals surface area contributed by atoms with Crippen molar-refractivity contribution in [3.8, 4) is 0 Å². The molecule has 0 radical (unpaired) electrons. The first-order chi connectivity index (χ1) is 9.31. The van der Waals surface area contributed by atoms with Crippen LogP contribution in [-0.4, -0.2) is 33.8 Å². The highest BCUT2D eigenvalue weighted by atomic mass is 79.9. The molecule has 8 heteroatoms. The molecule has 0 aromatic heterocycles. The van der Waals surface area contributed by atoms with Crippen LogP contribution in [0.5, 0.6) is 0 Å². The quantitative estimate of drug-likeness (QED) is 0.765. The maximum absolute atomic E-state index is 14.0. The first-order valence-corrected chi connectivity index (χ1v) is 8.16. The minimum atomic E-state index is -3.98. The lowest BCUT2D eigenvalue weighted by atomic mass is 10.2. The molecule has 0 spiro atoms. The van der Waals surface area contributed by atoms with Crippen molar-refractivity contribution < 1.29 is 22.7 Å². The fraction of sp³-hybridized carbons (Fsp3) is 0.500. The summed E-state index contributed by atoms with van der Waals surface area (Å²) in [6.07, 6.45) is 0. The van der Waals surface area contributed by atoms with Crippen LogP contribution in [0.4, 0.5) is 4.39 Å². The van der Waals surface area contributed by atoms with Crippen LogP contribution in [0, 0.1) is 11.7 Å². The molecular formula is C12H17BrFNO4S. The summed E-state index contributed by atoms with van der Waals surface area (Å²) in [4.78, 5) is -0.486. The van der Waals surface area contributed by atoms with Crippen molar-refractivity contribution in [2.45, 2.75) is 18.4 Å². The van der Waals surface area contributed by atoms with E-state index in [4.69, 9.17) is 9.84 Å². The normalized spacial score (nSPS) is 13.4. The van der Waals surface area contributed by atoms with Crippen LogP contribution in [0.1, 0.15) is 12.5 Å². The highest BCUT2D eigenvalue weighted by molar-refractivity contribution is 9.10. The van der Waals surface area contributed by atoms with E-state index >= 15 is 0 Å². The molecule has 1 unspecified atom stereocenters. The molecule has 0 aliphatic heterocycles. The van der Waals surface area contributed by atoms with Crippen molar-refractivity contribution in [3.05, 3.63) is 28.0 Å². The van der Waals surface area contributed by atoms with Crippen molar-refractivity contribution in [1.82, 2.24) is 4.72 Å². The molecule has 0 heterocycles. The van der Waals surface area contributed by atoms with Gasteiger partial charge in [0.25, 0.3) is 0 Å². The number of hydrogen-bond acceptors (Lipinski definition) is 4. The number of halogens is 2. The average molecular weight is 370 g/mol. The smallest absolute Gasteiger partial charge is 0.243 e. The van der Waals surface area contributed by atoms with Crippen LogP contribution in [0.25, 0.3) is 0 Å². The molecule has 0 aliphatic rings. The summed E-state index contributed by atoms with van der Waals surface area (Å²) < 4.78 is 45.8. The number of benzene rings is 1. The summed E-state index contributed by atoms with van der Waals surface area (Å²) in [6.45, 7) is 1.76. The van der Waals surface area contributed by atoms with Gasteiger partial charge in [0.2, 0.25) is 10.0 Å². The predicted molar refractivity (Wildman–Crippen MR) is 76.3 cm³/mol. The first-order valence-electron chi connectivity index (χ1n) is 5.89. The summed E-state index contributed by atoms with van der Waals surface area (Å²) >= 11 is 3.10. The van der Waals surface area contributed by atoms with Crippen LogP contribution in [0.3, 0.4) is 0 Å². The molecule has 0 amide bonds. The van der Waals surface area contributed by atoms with E-state index in [1.165, 1.54) is 13.2 Å². The molecule has 1 atom stereocenters. The molecule has 20 heavy (non-hydrogen) atoms. The van der Waals surface area contributed by atoms with Gasteiger partial charge in [-0.05, 0) is 18.1 Å². The minimum Gasteiger partial charge on any atom is -0.392 e. The van der Waals surface area contributed by atoms with Crippen LogP contribution >= 0.6 is 15.9 Å². The number of aliphatic hydroxyl groups is 1. The zero-order valence-electron chi connectivity index (χ0n) is 11.2. The molecule has 1 aromatic carbocycles. The topological polar surface area (TPSA) is 75.6 Å². The number of hydrogen-bond donors (Lipinski definition) is 2. The number of methoxy groups -OCH3 is 1. The summed E-state index contributed by atoms with van der Waals surface area (Å²) in [6, 6.07) is 2.50. The van der Waals surface area contributed by atoms with Gasteiger partial charge in [0.05, 0.1) is 6.61 Å². The second-order valence-corrected chi connectivity index (χ2v) is 7.10. The van der Waals surface area contributed by atoms with Gasteiger partial charge in [-0.15, -0.1) is 0 Å². The van der Waals surface area contributed by atoms with Crippen molar-refractivity contribution in [2.24, 2.45) is 5.92 Å². The van der Waals surface area contributed by atoms with E-state index in [-0.39, 0.29) is 18.0 Å². The molecule has 1 aromatic rings. The van der Waals surface area contributed by atoms with E-state index in [9.17, 15) is 12.8 Å². The Morgan fingerprint density at radius 2 is 2.15 bits per heavy atom. The Hall–Kier alpha value is -0.540. The van der Waals surface area contributed by atoms with Crippen LogP contribution in [0.2, 0.25) is 0 Å². The summed E-state index contributed by atoms with van der Waals surface area (Å²) in [7, 11) is -2.46. The molecule has 0 saturated heterocycles. The number of aliphatic hydroxyl groups excluding tert-OH is 1. The second-order valence-electron chi connectivity index (χ2n) is 4.45. The van der Waals surface area contributed by atoms with Gasteiger partial charge in [0.1, 0.15) is 10.7 Å². The number of ether oxygens (including phenoxy) is 1. The summed E-state index contributed by atoms with van der Waals surface area (Å²) in [5.74, 6) is -0.982. The van der Waals surface area contributed by atoms with Crippen molar-refractivity contribution in [2.75, 3.05) is 20.3 Å². The maximum atomic E-state index is 14.0. The van der Waals surface area contributed by atoms with E-state index in [2.05, 4.69) is 20.7 Å². The van der Waals surface area contributed by atoms with Crippen molar-refractivity contribution in [3.63, 3.8) is 0 Å². The molecule has 0 bridgehead atoms. The fourth-order valence-corrected chi connectivity index (χ4v) is 3.57. The lowest BCUT2D eigenvalue weighted by Gasteiger charge is -2.13. The predicted octanol–water partition coefficient (Wildman–Crippen LogP) is 1.64. The van der Waals surface area contributed by atoms with E-state index in [1.54, 1.807) is 0 Å². The Balaban J connectivity index is 3.01. The van der Waals surface area contributed by atoms with Crippen molar-refractivity contribution >= 4 is 26.0 Å². The number of sulfonamides is 1. The van der Waals surface area contributed by atoms with Gasteiger partial charge in [0.15, 0.2) is 0 Å². The van der Waals surface area contributed by atoms with Gasteiger partial charge in [-0.3, -0.25) is 0 Å². The van der Waals surface area contributed by atoms with Crippen molar-refractivity contribution in [1.29, 1.82) is 0 Å². The Morgan fingerprint density at radius 3 is 2.70 bits per heavy atom. The van der Waals surface area contributed by atoms with Crippen LogP contribution in [0.15, 0.2) is 21.5 Å². The SMILES string of the molecule is COCC(C)CNS(=O)(=O)c1cc(Br)cc(CO)c1F. The van der Waals surface area contributed by atoms with Gasteiger partial charge >= 0.3 is 0 Å². The molecule has 0 saturated carbocycles. The van der Waals surface area contributed by atoms with Gasteiger partial charge in [-0.2, -0.15) is 0 Å². The van der Waals surface area contributed by atoms with Gasteiger partial charge < -0.3 is 9.84 Å². The molecule has 5 nitrogen and oxygen atoms in total. The molecule has 0 fully saturated rings. The average Bonchev–Trinajstić information content (AvgIpc) is 2.39. The third-order valence-corrected chi connectivity index (χ3v) is 4.49. The highest BCUT2D eigenvalue weighted by Gasteiger charge is 2.22. The van der Waals surface area contributed by atoms with Gasteiger partial charge in [-0.1, -0.05) is 22.9 Å². The Kier molecular flexibility index (Phi) is 6.53. The van der Waals surface area contributed by atoms with E-state index < -0.39 is 27.3 Å². The van der Waals surface area contributed by atoms with Gasteiger partial charge in [-0.25, -0.2) is 17.5 Å². The van der Waals surface area contributed by atoms with Crippen LogP contribution in [-0.2, 0) is 21.4 Å². The zero-order valence-corrected chi connectivity index (χ0v) is 13.6. The largest absolute Gasteiger partial charge is 0.392 e. The first kappa shape index (κ1) is 17.5. The third kappa shape index (κ3) is 4.49.